The number of hydrogen-bond donors (Lipinski definition) is 1. The maximum absolute atomic E-state index is 3.50. The Labute approximate surface area is 111 Å². The minimum atomic E-state index is 0.310. The standard InChI is InChI=1S/C15H16BrN/c1-11-4-3-5-15(10-11)17-12(2)13-6-8-14(16)9-7-13/h3-10,12,17H,1-2H3/t12-/m0/s1. The van der Waals surface area contributed by atoms with E-state index in [0.717, 1.165) is 4.47 Å². The molecule has 0 unspecified atom stereocenters. The minimum Gasteiger partial charge on any atom is -0.379 e. The van der Waals surface area contributed by atoms with Crippen molar-refractivity contribution in [2.75, 3.05) is 5.32 Å². The molecule has 0 amide bonds. The first-order valence-electron chi connectivity index (χ1n) is 5.74. The van der Waals surface area contributed by atoms with Crippen LogP contribution in [0.1, 0.15) is 24.1 Å². The Morgan fingerprint density at radius 1 is 1.06 bits per heavy atom. The first-order chi connectivity index (χ1) is 8.15. The smallest absolute Gasteiger partial charge is 0.0485 e. The van der Waals surface area contributed by atoms with Gasteiger partial charge in [0.25, 0.3) is 0 Å². The van der Waals surface area contributed by atoms with Gasteiger partial charge in [-0.05, 0) is 49.2 Å². The third-order valence-electron chi connectivity index (χ3n) is 2.77. The van der Waals surface area contributed by atoms with E-state index in [1.807, 2.05) is 0 Å². The van der Waals surface area contributed by atoms with Crippen LogP contribution in [0, 0.1) is 6.92 Å². The second-order valence-electron chi connectivity index (χ2n) is 4.29. The van der Waals surface area contributed by atoms with Gasteiger partial charge in [0.2, 0.25) is 0 Å². The van der Waals surface area contributed by atoms with Gasteiger partial charge in [-0.15, -0.1) is 0 Å². The molecule has 0 aromatic heterocycles. The summed E-state index contributed by atoms with van der Waals surface area (Å²) in [6.07, 6.45) is 0. The van der Waals surface area contributed by atoms with Gasteiger partial charge in [-0.2, -0.15) is 0 Å². The van der Waals surface area contributed by atoms with Crippen LogP contribution in [-0.2, 0) is 0 Å². The Kier molecular flexibility index (Phi) is 3.85. The molecule has 0 saturated carbocycles. The first-order valence-corrected chi connectivity index (χ1v) is 6.53. The molecule has 1 nitrogen and oxygen atoms in total. The molecular formula is C15H16BrN. The van der Waals surface area contributed by atoms with Crippen LogP contribution in [0.2, 0.25) is 0 Å². The summed E-state index contributed by atoms with van der Waals surface area (Å²) in [5, 5.41) is 3.50. The van der Waals surface area contributed by atoms with Crippen LogP contribution in [0.25, 0.3) is 0 Å². The van der Waals surface area contributed by atoms with E-state index in [0.29, 0.717) is 6.04 Å². The summed E-state index contributed by atoms with van der Waals surface area (Å²) in [4.78, 5) is 0. The highest BCUT2D eigenvalue weighted by Crippen LogP contribution is 2.21. The van der Waals surface area contributed by atoms with Crippen LogP contribution in [0.5, 0.6) is 0 Å². The van der Waals surface area contributed by atoms with E-state index in [2.05, 4.69) is 83.6 Å². The molecule has 17 heavy (non-hydrogen) atoms. The summed E-state index contributed by atoms with van der Waals surface area (Å²) in [6, 6.07) is 17.2. The Morgan fingerprint density at radius 3 is 2.41 bits per heavy atom. The van der Waals surface area contributed by atoms with Gasteiger partial charge in [-0.3, -0.25) is 0 Å². The molecule has 0 bridgehead atoms. The van der Waals surface area contributed by atoms with Crippen molar-refractivity contribution in [1.82, 2.24) is 0 Å². The van der Waals surface area contributed by atoms with Crippen molar-refractivity contribution >= 4 is 21.6 Å². The lowest BCUT2D eigenvalue weighted by Crippen LogP contribution is -2.06. The highest BCUT2D eigenvalue weighted by atomic mass is 79.9. The molecule has 1 N–H and O–H groups in total. The summed E-state index contributed by atoms with van der Waals surface area (Å²) in [7, 11) is 0. The fraction of sp³-hybridized carbons (Fsp3) is 0.200. The molecule has 0 radical (unpaired) electrons. The molecule has 2 aromatic rings. The monoisotopic (exact) mass is 289 g/mol. The van der Waals surface area contributed by atoms with Crippen molar-refractivity contribution in [3.63, 3.8) is 0 Å². The van der Waals surface area contributed by atoms with E-state index in [4.69, 9.17) is 0 Å². The SMILES string of the molecule is Cc1cccc(N[C@@H](C)c2ccc(Br)cc2)c1. The first kappa shape index (κ1) is 12.2. The van der Waals surface area contributed by atoms with Crippen LogP contribution < -0.4 is 5.32 Å². The minimum absolute atomic E-state index is 0.310. The van der Waals surface area contributed by atoms with Gasteiger partial charge in [-0.1, -0.05) is 40.2 Å². The molecule has 2 rings (SSSR count). The number of nitrogens with one attached hydrogen (secondary N) is 1. The van der Waals surface area contributed by atoms with Gasteiger partial charge in [0.1, 0.15) is 0 Å². The average molecular weight is 290 g/mol. The normalized spacial score (nSPS) is 12.2. The molecule has 0 fully saturated rings. The van der Waals surface area contributed by atoms with E-state index in [1.54, 1.807) is 0 Å². The summed E-state index contributed by atoms with van der Waals surface area (Å²) < 4.78 is 1.11. The highest BCUT2D eigenvalue weighted by molar-refractivity contribution is 9.10. The predicted molar refractivity (Wildman–Crippen MR) is 77.4 cm³/mol. The molecule has 0 heterocycles. The molecule has 1 atom stereocenters. The average Bonchev–Trinajstić information content (AvgIpc) is 2.29. The van der Waals surface area contributed by atoms with Crippen molar-refractivity contribution in [2.24, 2.45) is 0 Å². The van der Waals surface area contributed by atoms with Crippen molar-refractivity contribution in [2.45, 2.75) is 19.9 Å². The summed E-state index contributed by atoms with van der Waals surface area (Å²) >= 11 is 3.45. The second-order valence-corrected chi connectivity index (χ2v) is 5.20. The molecule has 0 aliphatic heterocycles. The van der Waals surface area contributed by atoms with Crippen LogP contribution in [0.15, 0.2) is 53.0 Å². The largest absolute Gasteiger partial charge is 0.379 e. The van der Waals surface area contributed by atoms with Crippen LogP contribution in [0.3, 0.4) is 0 Å². The lowest BCUT2D eigenvalue weighted by Gasteiger charge is -2.16. The van der Waals surface area contributed by atoms with E-state index in [9.17, 15) is 0 Å². The summed E-state index contributed by atoms with van der Waals surface area (Å²) in [5.41, 5.74) is 3.73. The van der Waals surface area contributed by atoms with Gasteiger partial charge in [0, 0.05) is 16.2 Å². The topological polar surface area (TPSA) is 12.0 Å². The molecule has 0 saturated heterocycles. The third-order valence-corrected chi connectivity index (χ3v) is 3.30. The molecular weight excluding hydrogens is 274 g/mol. The predicted octanol–water partition coefficient (Wildman–Crippen LogP) is 4.93. The second kappa shape index (κ2) is 5.37. The number of anilines is 1. The van der Waals surface area contributed by atoms with Crippen molar-refractivity contribution in [3.05, 3.63) is 64.1 Å². The van der Waals surface area contributed by atoms with Gasteiger partial charge in [0.15, 0.2) is 0 Å². The van der Waals surface area contributed by atoms with Gasteiger partial charge < -0.3 is 5.32 Å². The van der Waals surface area contributed by atoms with E-state index in [1.165, 1.54) is 16.8 Å². The van der Waals surface area contributed by atoms with E-state index in [-0.39, 0.29) is 0 Å². The summed E-state index contributed by atoms with van der Waals surface area (Å²) in [6.45, 7) is 4.28. The Hall–Kier alpha value is -1.28. The number of benzene rings is 2. The third kappa shape index (κ3) is 3.34. The summed E-state index contributed by atoms with van der Waals surface area (Å²) in [5.74, 6) is 0. The molecule has 0 spiro atoms. The molecule has 0 aliphatic rings. The Morgan fingerprint density at radius 2 is 1.76 bits per heavy atom. The fourth-order valence-electron chi connectivity index (χ4n) is 1.82. The maximum Gasteiger partial charge on any atom is 0.0485 e. The lowest BCUT2D eigenvalue weighted by molar-refractivity contribution is 0.884. The van der Waals surface area contributed by atoms with Crippen molar-refractivity contribution in [3.8, 4) is 0 Å². The lowest BCUT2D eigenvalue weighted by atomic mass is 10.1. The fourth-order valence-corrected chi connectivity index (χ4v) is 2.08. The maximum atomic E-state index is 3.50. The van der Waals surface area contributed by atoms with Gasteiger partial charge in [0.05, 0.1) is 0 Å². The molecule has 88 valence electrons. The number of rotatable bonds is 3. The van der Waals surface area contributed by atoms with E-state index >= 15 is 0 Å². The van der Waals surface area contributed by atoms with E-state index < -0.39 is 0 Å². The number of hydrogen-bond acceptors (Lipinski definition) is 1. The molecule has 2 aromatic carbocycles. The zero-order valence-corrected chi connectivity index (χ0v) is 11.7. The van der Waals surface area contributed by atoms with Crippen LogP contribution in [0.4, 0.5) is 5.69 Å². The molecule has 0 aliphatic carbocycles. The van der Waals surface area contributed by atoms with Crippen molar-refractivity contribution in [1.29, 1.82) is 0 Å². The van der Waals surface area contributed by atoms with Crippen molar-refractivity contribution < 1.29 is 0 Å². The Balaban J connectivity index is 2.11. The zero-order chi connectivity index (χ0) is 12.3. The van der Waals surface area contributed by atoms with Gasteiger partial charge in [-0.25, -0.2) is 0 Å². The quantitative estimate of drug-likeness (QED) is 0.845. The number of halogens is 1. The number of aryl methyl sites for hydroxylation is 1. The van der Waals surface area contributed by atoms with Crippen LogP contribution in [-0.4, -0.2) is 0 Å². The highest BCUT2D eigenvalue weighted by Gasteiger charge is 2.04. The molecule has 2 heteroatoms. The van der Waals surface area contributed by atoms with Crippen LogP contribution >= 0.6 is 15.9 Å². The Bertz CT molecular complexity index is 491. The zero-order valence-electron chi connectivity index (χ0n) is 10.1. The van der Waals surface area contributed by atoms with Gasteiger partial charge >= 0.3 is 0 Å².